The van der Waals surface area contributed by atoms with Gasteiger partial charge in [-0.3, -0.25) is 4.79 Å². The molecule has 35 heavy (non-hydrogen) atoms. The summed E-state index contributed by atoms with van der Waals surface area (Å²) >= 11 is 1.47. The van der Waals surface area contributed by atoms with E-state index in [1.807, 2.05) is 23.1 Å². The van der Waals surface area contributed by atoms with Crippen LogP contribution in [0.1, 0.15) is 5.56 Å². The van der Waals surface area contributed by atoms with E-state index >= 15 is 0 Å². The molecule has 8 heteroatoms. The van der Waals surface area contributed by atoms with Gasteiger partial charge in [0, 0.05) is 63.7 Å². The molecule has 0 bridgehead atoms. The fourth-order valence-corrected chi connectivity index (χ4v) is 5.37. The second kappa shape index (κ2) is 11.0. The van der Waals surface area contributed by atoms with Gasteiger partial charge < -0.3 is 19.6 Å². The molecule has 2 fully saturated rings. The van der Waals surface area contributed by atoms with E-state index in [1.165, 1.54) is 28.7 Å². The third-order valence-corrected chi connectivity index (χ3v) is 7.60. The fourth-order valence-electron chi connectivity index (χ4n) is 4.66. The average Bonchev–Trinajstić information content (AvgIpc) is 2.93. The van der Waals surface area contributed by atoms with Crippen molar-refractivity contribution < 1.29 is 4.79 Å². The Hall–Kier alpha value is -3.26. The van der Waals surface area contributed by atoms with Gasteiger partial charge in [-0.15, -0.1) is 10.2 Å². The summed E-state index contributed by atoms with van der Waals surface area (Å²) in [5.41, 5.74) is 3.80. The molecule has 0 aliphatic carbocycles. The Morgan fingerprint density at radius 3 is 2.09 bits per heavy atom. The molecular formula is C27H32N6OS. The highest BCUT2D eigenvalue weighted by Crippen LogP contribution is 2.22. The van der Waals surface area contributed by atoms with Crippen LogP contribution in [0.4, 0.5) is 17.2 Å². The lowest BCUT2D eigenvalue weighted by Gasteiger charge is -2.36. The van der Waals surface area contributed by atoms with Gasteiger partial charge in [0.25, 0.3) is 0 Å². The number of hydrogen-bond acceptors (Lipinski definition) is 7. The highest BCUT2D eigenvalue weighted by molar-refractivity contribution is 7.99. The minimum Gasteiger partial charge on any atom is -0.368 e. The minimum absolute atomic E-state index is 0.167. The summed E-state index contributed by atoms with van der Waals surface area (Å²) in [6.45, 7) is 9.15. The molecule has 3 aromatic rings. The molecule has 0 radical (unpaired) electrons. The Morgan fingerprint density at radius 1 is 0.743 bits per heavy atom. The number of anilines is 3. The zero-order valence-corrected chi connectivity index (χ0v) is 21.0. The molecule has 7 nitrogen and oxygen atoms in total. The quantitative estimate of drug-likeness (QED) is 0.492. The summed E-state index contributed by atoms with van der Waals surface area (Å²) < 4.78 is 0. The molecule has 0 N–H and O–H groups in total. The maximum absolute atomic E-state index is 12.7. The summed E-state index contributed by atoms with van der Waals surface area (Å²) in [5, 5.41) is 9.64. The van der Waals surface area contributed by atoms with Crippen molar-refractivity contribution in [3.05, 3.63) is 72.3 Å². The van der Waals surface area contributed by atoms with E-state index in [0.29, 0.717) is 5.75 Å². The van der Waals surface area contributed by atoms with E-state index in [1.54, 1.807) is 0 Å². The number of carbonyl (C=O) groups is 1. The second-order valence-electron chi connectivity index (χ2n) is 9.03. The highest BCUT2D eigenvalue weighted by Gasteiger charge is 2.22. The summed E-state index contributed by atoms with van der Waals surface area (Å²) in [7, 11) is 0. The first-order valence-electron chi connectivity index (χ1n) is 12.3. The number of aromatic nitrogens is 2. The number of amides is 1. The lowest BCUT2D eigenvalue weighted by Crippen LogP contribution is -2.49. The molecule has 2 aliphatic rings. The number of rotatable bonds is 6. The van der Waals surface area contributed by atoms with Gasteiger partial charge >= 0.3 is 0 Å². The number of aryl methyl sites for hydroxylation is 1. The van der Waals surface area contributed by atoms with Gasteiger partial charge in [-0.05, 0) is 48.9 Å². The van der Waals surface area contributed by atoms with E-state index in [0.717, 1.165) is 63.2 Å². The van der Waals surface area contributed by atoms with Gasteiger partial charge in [-0.25, -0.2) is 0 Å². The van der Waals surface area contributed by atoms with Crippen LogP contribution >= 0.6 is 11.8 Å². The van der Waals surface area contributed by atoms with Crippen molar-refractivity contribution in [1.82, 2.24) is 15.1 Å². The zero-order valence-electron chi connectivity index (χ0n) is 20.2. The minimum atomic E-state index is 0.167. The van der Waals surface area contributed by atoms with Crippen LogP contribution in [-0.4, -0.2) is 79.1 Å². The number of carbonyl (C=O) groups excluding carboxylic acids is 1. The fraction of sp³-hybridized carbons (Fsp3) is 0.370. The number of piperazine rings is 2. The van der Waals surface area contributed by atoms with Crippen LogP contribution in [0.3, 0.4) is 0 Å². The molecule has 0 spiro atoms. The van der Waals surface area contributed by atoms with Crippen molar-refractivity contribution in [1.29, 1.82) is 0 Å². The first-order chi connectivity index (χ1) is 17.2. The average molecular weight is 489 g/mol. The molecule has 3 heterocycles. The molecule has 2 aromatic carbocycles. The molecule has 0 saturated carbocycles. The molecule has 2 aliphatic heterocycles. The molecule has 1 amide bonds. The van der Waals surface area contributed by atoms with E-state index in [2.05, 4.69) is 80.4 Å². The van der Waals surface area contributed by atoms with E-state index in [-0.39, 0.29) is 5.91 Å². The van der Waals surface area contributed by atoms with Gasteiger partial charge in [-0.2, -0.15) is 0 Å². The summed E-state index contributed by atoms with van der Waals surface area (Å²) in [6, 6.07) is 23.1. The molecule has 2 saturated heterocycles. The predicted molar refractivity (Wildman–Crippen MR) is 144 cm³/mol. The van der Waals surface area contributed by atoms with Gasteiger partial charge in [0.15, 0.2) is 5.82 Å². The molecule has 1 aromatic heterocycles. The zero-order chi connectivity index (χ0) is 24.0. The van der Waals surface area contributed by atoms with E-state index in [9.17, 15) is 4.79 Å². The molecule has 0 atom stereocenters. The van der Waals surface area contributed by atoms with Crippen molar-refractivity contribution in [3.8, 4) is 0 Å². The van der Waals surface area contributed by atoms with Crippen molar-refractivity contribution in [2.45, 2.75) is 11.9 Å². The smallest absolute Gasteiger partial charge is 0.233 e. The lowest BCUT2D eigenvalue weighted by molar-refractivity contribution is -0.128. The standard InChI is InChI=1S/C27H32N6OS/c1-22-6-5-9-24(20-22)31-12-16-32(17-13-31)25-10-11-26(29-28-25)35-21-27(34)33-18-14-30(15-19-33)23-7-3-2-4-8-23/h2-11,20H,12-19,21H2,1H3. The van der Waals surface area contributed by atoms with Crippen LogP contribution in [0.5, 0.6) is 0 Å². The van der Waals surface area contributed by atoms with Gasteiger partial charge in [0.2, 0.25) is 5.91 Å². The Morgan fingerprint density at radius 2 is 1.40 bits per heavy atom. The SMILES string of the molecule is Cc1cccc(N2CCN(c3ccc(SCC(=O)N4CCN(c5ccccc5)CC4)nn3)CC2)c1. The van der Waals surface area contributed by atoms with Crippen molar-refractivity contribution >= 4 is 34.9 Å². The van der Waals surface area contributed by atoms with Crippen LogP contribution in [0, 0.1) is 6.92 Å². The number of hydrogen-bond donors (Lipinski definition) is 0. The highest BCUT2D eigenvalue weighted by atomic mass is 32.2. The molecule has 182 valence electrons. The van der Waals surface area contributed by atoms with E-state index < -0.39 is 0 Å². The Kier molecular flexibility index (Phi) is 7.37. The monoisotopic (exact) mass is 488 g/mol. The van der Waals surface area contributed by atoms with Crippen molar-refractivity contribution in [2.24, 2.45) is 0 Å². The number of nitrogens with zero attached hydrogens (tertiary/aromatic N) is 6. The van der Waals surface area contributed by atoms with Crippen LogP contribution < -0.4 is 14.7 Å². The van der Waals surface area contributed by atoms with Gasteiger partial charge in [0.1, 0.15) is 5.03 Å². The first-order valence-corrected chi connectivity index (χ1v) is 13.3. The van der Waals surface area contributed by atoms with Crippen LogP contribution in [0.15, 0.2) is 71.8 Å². The Labute approximate surface area is 211 Å². The third kappa shape index (κ3) is 5.88. The third-order valence-electron chi connectivity index (χ3n) is 6.69. The normalized spacial score (nSPS) is 16.5. The first kappa shape index (κ1) is 23.5. The lowest BCUT2D eigenvalue weighted by atomic mass is 10.2. The van der Waals surface area contributed by atoms with Gasteiger partial charge in [0.05, 0.1) is 5.75 Å². The summed E-state index contributed by atoms with van der Waals surface area (Å²) in [6.07, 6.45) is 0. The topological polar surface area (TPSA) is 55.8 Å². The Balaban J connectivity index is 1.07. The van der Waals surface area contributed by atoms with Crippen LogP contribution in [-0.2, 0) is 4.79 Å². The number of benzene rings is 2. The molecular weight excluding hydrogens is 456 g/mol. The van der Waals surface area contributed by atoms with Crippen LogP contribution in [0.25, 0.3) is 0 Å². The maximum atomic E-state index is 12.7. The number of thioether (sulfide) groups is 1. The summed E-state index contributed by atoms with van der Waals surface area (Å²) in [5.74, 6) is 1.47. The molecule has 0 unspecified atom stereocenters. The van der Waals surface area contributed by atoms with E-state index in [4.69, 9.17) is 0 Å². The predicted octanol–water partition coefficient (Wildman–Crippen LogP) is 3.55. The Bertz CT molecular complexity index is 1110. The second-order valence-corrected chi connectivity index (χ2v) is 10.0. The summed E-state index contributed by atoms with van der Waals surface area (Å²) in [4.78, 5) is 21.7. The maximum Gasteiger partial charge on any atom is 0.233 e. The number of para-hydroxylation sites is 1. The van der Waals surface area contributed by atoms with Crippen molar-refractivity contribution in [3.63, 3.8) is 0 Å². The molecule has 5 rings (SSSR count). The van der Waals surface area contributed by atoms with Crippen molar-refractivity contribution in [2.75, 3.05) is 72.8 Å². The van der Waals surface area contributed by atoms with Gasteiger partial charge in [-0.1, -0.05) is 42.1 Å². The van der Waals surface area contributed by atoms with Crippen LogP contribution in [0.2, 0.25) is 0 Å². The largest absolute Gasteiger partial charge is 0.368 e.